The van der Waals surface area contributed by atoms with E-state index in [1.807, 2.05) is 0 Å². The highest BCUT2D eigenvalue weighted by molar-refractivity contribution is 6.46. The maximum atomic E-state index is 12.3. The van der Waals surface area contributed by atoms with Gasteiger partial charge in [-0.1, -0.05) is 34.8 Å². The molecule has 0 aliphatic carbocycles. The Morgan fingerprint density at radius 3 is 2.00 bits per heavy atom. The molecule has 2 N–H and O–H groups in total. The lowest BCUT2D eigenvalue weighted by molar-refractivity contribution is -0.137. The van der Waals surface area contributed by atoms with Crippen molar-refractivity contribution in [3.8, 4) is 0 Å². The molecule has 14 heavy (non-hydrogen) atoms. The molecule has 0 radical (unpaired) electrons. The predicted octanol–water partition coefficient (Wildman–Crippen LogP) is 4.25. The van der Waals surface area contributed by atoms with Crippen LogP contribution in [0.4, 0.5) is 18.9 Å². The lowest BCUT2D eigenvalue weighted by Gasteiger charge is -2.12. The Balaban J connectivity index is 3.49. The molecule has 1 aromatic rings. The first-order chi connectivity index (χ1) is 6.25. The van der Waals surface area contributed by atoms with Crippen LogP contribution in [0.25, 0.3) is 0 Å². The molecule has 1 nitrogen and oxygen atoms in total. The molecule has 0 heterocycles. The van der Waals surface area contributed by atoms with Gasteiger partial charge in [-0.3, -0.25) is 0 Å². The van der Waals surface area contributed by atoms with E-state index in [2.05, 4.69) is 0 Å². The Morgan fingerprint density at radius 2 is 1.57 bits per heavy atom. The Labute approximate surface area is 92.5 Å². The third kappa shape index (κ3) is 2.02. The monoisotopic (exact) mass is 263 g/mol. The van der Waals surface area contributed by atoms with Crippen LogP contribution in [0.3, 0.4) is 0 Å². The molecule has 7 heteroatoms. The maximum absolute atomic E-state index is 12.3. The molecule has 1 rings (SSSR count). The number of alkyl halides is 3. The van der Waals surface area contributed by atoms with Crippen LogP contribution >= 0.6 is 34.8 Å². The molecule has 0 atom stereocenters. The fourth-order valence-electron chi connectivity index (χ4n) is 0.815. The van der Waals surface area contributed by atoms with Gasteiger partial charge in [0.15, 0.2) is 0 Å². The van der Waals surface area contributed by atoms with Crippen molar-refractivity contribution in [2.75, 3.05) is 5.73 Å². The highest BCUT2D eigenvalue weighted by atomic mass is 35.5. The van der Waals surface area contributed by atoms with Gasteiger partial charge in [0.25, 0.3) is 0 Å². The minimum absolute atomic E-state index is 0.161. The van der Waals surface area contributed by atoms with Crippen LogP contribution < -0.4 is 5.73 Å². The lowest BCUT2D eigenvalue weighted by atomic mass is 10.2. The van der Waals surface area contributed by atoms with Crippen molar-refractivity contribution in [1.82, 2.24) is 0 Å². The second-order valence-electron chi connectivity index (χ2n) is 2.45. The van der Waals surface area contributed by atoms with Gasteiger partial charge in [-0.05, 0) is 6.07 Å². The van der Waals surface area contributed by atoms with Crippen molar-refractivity contribution in [1.29, 1.82) is 0 Å². The quantitative estimate of drug-likeness (QED) is 0.550. The topological polar surface area (TPSA) is 26.0 Å². The standard InChI is InChI=1S/C7H3Cl3F3N/c8-3-1-2(7(11,12)13)4(9)5(10)6(3)14/h1H,14H2. The summed E-state index contributed by atoms with van der Waals surface area (Å²) in [5.41, 5.74) is 4.02. The Bertz CT molecular complexity index is 375. The fraction of sp³-hybridized carbons (Fsp3) is 0.143. The molecular formula is C7H3Cl3F3N. The zero-order valence-corrected chi connectivity index (χ0v) is 8.69. The number of rotatable bonds is 0. The number of anilines is 1. The SMILES string of the molecule is Nc1c(Cl)cc(C(F)(F)F)c(Cl)c1Cl. The highest BCUT2D eigenvalue weighted by Crippen LogP contribution is 2.43. The molecule has 0 aliphatic heterocycles. The zero-order chi connectivity index (χ0) is 11.1. The molecule has 0 saturated heterocycles. The number of hydrogen-bond acceptors (Lipinski definition) is 1. The number of nitrogen functional groups attached to an aromatic ring is 1. The van der Waals surface area contributed by atoms with Crippen molar-refractivity contribution >= 4 is 40.5 Å². The first kappa shape index (κ1) is 11.8. The normalized spacial score (nSPS) is 11.9. The summed E-state index contributed by atoms with van der Waals surface area (Å²) in [5.74, 6) is 0. The van der Waals surface area contributed by atoms with Gasteiger partial charge in [-0.2, -0.15) is 13.2 Å². The molecule has 0 amide bonds. The van der Waals surface area contributed by atoms with E-state index in [1.165, 1.54) is 0 Å². The minimum atomic E-state index is -4.60. The summed E-state index contributed by atoms with van der Waals surface area (Å²) in [6.07, 6.45) is -4.60. The van der Waals surface area contributed by atoms with Gasteiger partial charge < -0.3 is 5.73 Å². The van der Waals surface area contributed by atoms with Crippen LogP contribution in [-0.2, 0) is 6.18 Å². The summed E-state index contributed by atoms with van der Waals surface area (Å²) < 4.78 is 36.9. The van der Waals surface area contributed by atoms with Crippen molar-refractivity contribution in [3.63, 3.8) is 0 Å². The van der Waals surface area contributed by atoms with E-state index in [0.29, 0.717) is 6.07 Å². The van der Waals surface area contributed by atoms with Crippen LogP contribution in [0, 0.1) is 0 Å². The Hall–Kier alpha value is -0.320. The molecule has 0 aliphatic rings. The summed E-state index contributed by atoms with van der Waals surface area (Å²) in [6, 6.07) is 0.644. The van der Waals surface area contributed by atoms with Gasteiger partial charge in [0.05, 0.1) is 26.3 Å². The van der Waals surface area contributed by atoms with E-state index in [1.54, 1.807) is 0 Å². The minimum Gasteiger partial charge on any atom is -0.396 e. The molecule has 0 saturated carbocycles. The van der Waals surface area contributed by atoms with Gasteiger partial charge in [0.1, 0.15) is 0 Å². The van der Waals surface area contributed by atoms with E-state index in [9.17, 15) is 13.2 Å². The molecular weight excluding hydrogens is 261 g/mol. The van der Waals surface area contributed by atoms with E-state index >= 15 is 0 Å². The van der Waals surface area contributed by atoms with Crippen molar-refractivity contribution in [2.45, 2.75) is 6.18 Å². The van der Waals surface area contributed by atoms with Crippen molar-refractivity contribution in [3.05, 3.63) is 26.7 Å². The van der Waals surface area contributed by atoms with Gasteiger partial charge in [-0.25, -0.2) is 0 Å². The highest BCUT2D eigenvalue weighted by Gasteiger charge is 2.35. The van der Waals surface area contributed by atoms with Crippen LogP contribution in [0.1, 0.15) is 5.56 Å². The van der Waals surface area contributed by atoms with Gasteiger partial charge in [-0.15, -0.1) is 0 Å². The third-order valence-electron chi connectivity index (χ3n) is 1.50. The molecule has 0 spiro atoms. The maximum Gasteiger partial charge on any atom is 0.417 e. The summed E-state index contributed by atoms with van der Waals surface area (Å²) >= 11 is 16.2. The van der Waals surface area contributed by atoms with E-state index in [-0.39, 0.29) is 15.7 Å². The summed E-state index contributed by atoms with van der Waals surface area (Å²) in [6.45, 7) is 0. The molecule has 78 valence electrons. The largest absolute Gasteiger partial charge is 0.417 e. The van der Waals surface area contributed by atoms with E-state index in [0.717, 1.165) is 0 Å². The summed E-state index contributed by atoms with van der Waals surface area (Å²) in [5, 5.41) is -1.29. The first-order valence-electron chi connectivity index (χ1n) is 3.25. The smallest absolute Gasteiger partial charge is 0.396 e. The number of hydrogen-bond donors (Lipinski definition) is 1. The molecule has 0 aromatic heterocycles. The lowest BCUT2D eigenvalue weighted by Crippen LogP contribution is -2.07. The third-order valence-corrected chi connectivity index (χ3v) is 2.69. The van der Waals surface area contributed by atoms with Crippen LogP contribution in [0.2, 0.25) is 15.1 Å². The van der Waals surface area contributed by atoms with Crippen molar-refractivity contribution < 1.29 is 13.2 Å². The first-order valence-corrected chi connectivity index (χ1v) is 4.38. The number of halogens is 6. The number of benzene rings is 1. The second-order valence-corrected chi connectivity index (χ2v) is 3.61. The van der Waals surface area contributed by atoms with Crippen LogP contribution in [0.15, 0.2) is 6.07 Å². The summed E-state index contributed by atoms with van der Waals surface area (Å²) in [4.78, 5) is 0. The molecule has 0 unspecified atom stereocenters. The predicted molar refractivity (Wildman–Crippen MR) is 50.9 cm³/mol. The molecule has 0 bridgehead atoms. The van der Waals surface area contributed by atoms with Crippen LogP contribution in [-0.4, -0.2) is 0 Å². The number of nitrogens with two attached hydrogens (primary N) is 1. The van der Waals surface area contributed by atoms with Crippen LogP contribution in [0.5, 0.6) is 0 Å². The van der Waals surface area contributed by atoms with Gasteiger partial charge in [0.2, 0.25) is 0 Å². The average molecular weight is 264 g/mol. The van der Waals surface area contributed by atoms with Gasteiger partial charge >= 0.3 is 6.18 Å². The molecule has 1 aromatic carbocycles. The zero-order valence-electron chi connectivity index (χ0n) is 6.42. The second kappa shape index (κ2) is 3.68. The van der Waals surface area contributed by atoms with Gasteiger partial charge in [0, 0.05) is 0 Å². The summed E-state index contributed by atoms with van der Waals surface area (Å²) in [7, 11) is 0. The Morgan fingerprint density at radius 1 is 1.07 bits per heavy atom. The van der Waals surface area contributed by atoms with Crippen molar-refractivity contribution in [2.24, 2.45) is 0 Å². The van der Waals surface area contributed by atoms with E-state index in [4.69, 9.17) is 40.5 Å². The Kier molecular flexibility index (Phi) is 3.09. The average Bonchev–Trinajstić information content (AvgIpc) is 2.06. The molecule has 0 fully saturated rings. The van der Waals surface area contributed by atoms with E-state index < -0.39 is 16.8 Å². The fourth-order valence-corrected chi connectivity index (χ4v) is 1.53.